The Bertz CT molecular complexity index is 543. The maximum atomic E-state index is 12.7. The lowest BCUT2D eigenvalue weighted by atomic mass is 10.1. The highest BCUT2D eigenvalue weighted by Crippen LogP contribution is 2.29. The molecule has 96 valence electrons. The second kappa shape index (κ2) is 4.44. The summed E-state index contributed by atoms with van der Waals surface area (Å²) in [7, 11) is 0. The van der Waals surface area contributed by atoms with Crippen LogP contribution in [-0.2, 0) is 6.18 Å². The summed E-state index contributed by atoms with van der Waals surface area (Å²) in [5.41, 5.74) is 1.16. The fourth-order valence-electron chi connectivity index (χ4n) is 1.62. The van der Waals surface area contributed by atoms with E-state index in [0.717, 1.165) is 16.5 Å². The van der Waals surface area contributed by atoms with Crippen LogP contribution in [0.15, 0.2) is 30.7 Å². The summed E-state index contributed by atoms with van der Waals surface area (Å²) in [5, 5.41) is 0. The van der Waals surface area contributed by atoms with Gasteiger partial charge in [-0.15, -0.1) is 0 Å². The molecule has 0 saturated heterocycles. The SMILES string of the molecule is CC(C)c1cc(-n2ccnc2C(F)(F)F)ccn1. The number of alkyl halides is 3. The number of hydrogen-bond acceptors (Lipinski definition) is 2. The van der Waals surface area contributed by atoms with Crippen molar-refractivity contribution in [1.82, 2.24) is 14.5 Å². The van der Waals surface area contributed by atoms with Gasteiger partial charge >= 0.3 is 6.18 Å². The first-order valence-corrected chi connectivity index (χ1v) is 5.46. The van der Waals surface area contributed by atoms with Gasteiger partial charge in [-0.25, -0.2) is 4.98 Å². The number of halogens is 3. The predicted octanol–water partition coefficient (Wildman–Crippen LogP) is 3.41. The number of pyridine rings is 1. The Morgan fingerprint density at radius 1 is 1.17 bits per heavy atom. The third-order valence-corrected chi connectivity index (χ3v) is 2.53. The minimum atomic E-state index is -4.47. The van der Waals surface area contributed by atoms with Crippen molar-refractivity contribution in [2.45, 2.75) is 25.9 Å². The molecule has 0 unspecified atom stereocenters. The molecule has 2 rings (SSSR count). The number of hydrogen-bond donors (Lipinski definition) is 0. The minimum absolute atomic E-state index is 0.155. The van der Waals surface area contributed by atoms with Gasteiger partial charge in [0, 0.05) is 24.3 Å². The van der Waals surface area contributed by atoms with E-state index in [1.165, 1.54) is 18.5 Å². The van der Waals surface area contributed by atoms with E-state index in [1.54, 1.807) is 6.07 Å². The number of aromatic nitrogens is 3. The molecular weight excluding hydrogens is 243 g/mol. The van der Waals surface area contributed by atoms with E-state index in [1.807, 2.05) is 13.8 Å². The molecule has 0 N–H and O–H groups in total. The highest BCUT2D eigenvalue weighted by molar-refractivity contribution is 5.35. The quantitative estimate of drug-likeness (QED) is 0.823. The molecule has 2 aromatic heterocycles. The third kappa shape index (κ3) is 2.37. The Hall–Kier alpha value is -1.85. The Morgan fingerprint density at radius 2 is 1.89 bits per heavy atom. The van der Waals surface area contributed by atoms with Gasteiger partial charge in [0.15, 0.2) is 0 Å². The zero-order chi connectivity index (χ0) is 13.3. The summed E-state index contributed by atoms with van der Waals surface area (Å²) in [6.07, 6.45) is -0.532. The van der Waals surface area contributed by atoms with Gasteiger partial charge in [0.05, 0.1) is 5.69 Å². The number of imidazole rings is 1. The average Bonchev–Trinajstić information content (AvgIpc) is 2.77. The van der Waals surface area contributed by atoms with Crippen LogP contribution < -0.4 is 0 Å². The molecule has 0 aliphatic carbocycles. The van der Waals surface area contributed by atoms with E-state index < -0.39 is 12.0 Å². The lowest BCUT2D eigenvalue weighted by Gasteiger charge is -2.12. The number of nitrogens with zero attached hydrogens (tertiary/aromatic N) is 3. The van der Waals surface area contributed by atoms with Gasteiger partial charge in [-0.2, -0.15) is 13.2 Å². The highest BCUT2D eigenvalue weighted by atomic mass is 19.4. The largest absolute Gasteiger partial charge is 0.450 e. The van der Waals surface area contributed by atoms with E-state index in [-0.39, 0.29) is 5.92 Å². The van der Waals surface area contributed by atoms with Gasteiger partial charge in [0.2, 0.25) is 5.82 Å². The maximum Gasteiger partial charge on any atom is 0.450 e. The zero-order valence-electron chi connectivity index (χ0n) is 9.94. The molecule has 6 heteroatoms. The Morgan fingerprint density at radius 3 is 2.50 bits per heavy atom. The second-order valence-corrected chi connectivity index (χ2v) is 4.21. The molecule has 0 bridgehead atoms. The van der Waals surface area contributed by atoms with Gasteiger partial charge in [-0.3, -0.25) is 9.55 Å². The summed E-state index contributed by atoms with van der Waals surface area (Å²) >= 11 is 0. The smallest absolute Gasteiger partial charge is 0.296 e. The summed E-state index contributed by atoms with van der Waals surface area (Å²) < 4.78 is 39.2. The fourth-order valence-corrected chi connectivity index (χ4v) is 1.62. The maximum absolute atomic E-state index is 12.7. The van der Waals surface area contributed by atoms with Crippen molar-refractivity contribution < 1.29 is 13.2 Å². The first-order chi connectivity index (χ1) is 8.39. The van der Waals surface area contributed by atoms with Gasteiger partial charge < -0.3 is 0 Å². The van der Waals surface area contributed by atoms with Crippen LogP contribution in [-0.4, -0.2) is 14.5 Å². The Labute approximate surface area is 102 Å². The van der Waals surface area contributed by atoms with E-state index >= 15 is 0 Å². The third-order valence-electron chi connectivity index (χ3n) is 2.53. The molecule has 0 spiro atoms. The molecule has 0 atom stereocenters. The van der Waals surface area contributed by atoms with E-state index in [9.17, 15) is 13.2 Å². The fraction of sp³-hybridized carbons (Fsp3) is 0.333. The second-order valence-electron chi connectivity index (χ2n) is 4.21. The van der Waals surface area contributed by atoms with Crippen molar-refractivity contribution in [3.63, 3.8) is 0 Å². The molecule has 0 saturated carbocycles. The van der Waals surface area contributed by atoms with Crippen LogP contribution in [0.4, 0.5) is 13.2 Å². The Kier molecular flexibility index (Phi) is 3.11. The molecule has 2 heterocycles. The lowest BCUT2D eigenvalue weighted by Crippen LogP contribution is -2.13. The van der Waals surface area contributed by atoms with Crippen molar-refractivity contribution in [2.24, 2.45) is 0 Å². The molecule has 0 aliphatic heterocycles. The molecule has 0 radical (unpaired) electrons. The molecular formula is C12H12F3N3. The van der Waals surface area contributed by atoms with Crippen LogP contribution in [0.2, 0.25) is 0 Å². The molecule has 18 heavy (non-hydrogen) atoms. The van der Waals surface area contributed by atoms with Gasteiger partial charge in [-0.05, 0) is 18.1 Å². The van der Waals surface area contributed by atoms with Crippen molar-refractivity contribution in [3.05, 3.63) is 42.2 Å². The highest BCUT2D eigenvalue weighted by Gasteiger charge is 2.36. The van der Waals surface area contributed by atoms with Crippen molar-refractivity contribution in [3.8, 4) is 5.69 Å². The molecule has 0 amide bonds. The van der Waals surface area contributed by atoms with Crippen molar-refractivity contribution >= 4 is 0 Å². The Balaban J connectivity index is 2.50. The van der Waals surface area contributed by atoms with Crippen molar-refractivity contribution in [2.75, 3.05) is 0 Å². The molecule has 0 aromatic carbocycles. The molecule has 0 fully saturated rings. The van der Waals surface area contributed by atoms with Gasteiger partial charge in [0.1, 0.15) is 0 Å². The monoisotopic (exact) mass is 255 g/mol. The molecule has 2 aromatic rings. The molecule has 0 aliphatic rings. The first-order valence-electron chi connectivity index (χ1n) is 5.46. The standard InChI is InChI=1S/C12H12F3N3/c1-8(2)10-7-9(3-4-16-10)18-6-5-17-11(18)12(13,14)15/h3-8H,1-2H3. The van der Waals surface area contributed by atoms with Crippen LogP contribution in [0.25, 0.3) is 5.69 Å². The zero-order valence-corrected chi connectivity index (χ0v) is 9.94. The van der Waals surface area contributed by atoms with Crippen LogP contribution in [0.5, 0.6) is 0 Å². The normalized spacial score (nSPS) is 12.1. The van der Waals surface area contributed by atoms with Gasteiger partial charge in [-0.1, -0.05) is 13.8 Å². The summed E-state index contributed by atoms with van der Waals surface area (Å²) in [5.74, 6) is -0.772. The topological polar surface area (TPSA) is 30.7 Å². The molecule has 3 nitrogen and oxygen atoms in total. The van der Waals surface area contributed by atoms with Crippen molar-refractivity contribution in [1.29, 1.82) is 0 Å². The minimum Gasteiger partial charge on any atom is -0.296 e. The summed E-state index contributed by atoms with van der Waals surface area (Å²) in [6.45, 7) is 3.87. The van der Waals surface area contributed by atoms with E-state index in [0.29, 0.717) is 5.69 Å². The average molecular weight is 255 g/mol. The number of rotatable bonds is 2. The lowest BCUT2D eigenvalue weighted by molar-refractivity contribution is -0.145. The van der Waals surface area contributed by atoms with Gasteiger partial charge in [0.25, 0.3) is 0 Å². The van der Waals surface area contributed by atoms with Crippen LogP contribution >= 0.6 is 0 Å². The summed E-state index contributed by atoms with van der Waals surface area (Å²) in [6, 6.07) is 3.17. The van der Waals surface area contributed by atoms with E-state index in [2.05, 4.69) is 9.97 Å². The van der Waals surface area contributed by atoms with Crippen LogP contribution in [0.1, 0.15) is 31.3 Å². The summed E-state index contributed by atoms with van der Waals surface area (Å²) in [4.78, 5) is 7.48. The van der Waals surface area contributed by atoms with Crippen LogP contribution in [0.3, 0.4) is 0 Å². The first kappa shape index (κ1) is 12.6. The predicted molar refractivity (Wildman–Crippen MR) is 60.5 cm³/mol. The van der Waals surface area contributed by atoms with E-state index in [4.69, 9.17) is 0 Å². The van der Waals surface area contributed by atoms with Crippen LogP contribution in [0, 0.1) is 0 Å².